The van der Waals surface area contributed by atoms with Crippen molar-refractivity contribution in [1.82, 2.24) is 4.98 Å². The predicted molar refractivity (Wildman–Crippen MR) is 136 cm³/mol. The normalized spacial score (nSPS) is 12.7. The first-order valence-electron chi connectivity index (χ1n) is 10.5. The van der Waals surface area contributed by atoms with Crippen LogP contribution in [-0.2, 0) is 26.4 Å². The van der Waals surface area contributed by atoms with Crippen LogP contribution < -0.4 is 11.1 Å². The van der Waals surface area contributed by atoms with Gasteiger partial charge in [0.05, 0.1) is 24.1 Å². The molecule has 2 heterocycles. The highest BCUT2D eigenvalue weighted by Crippen LogP contribution is 2.51. The van der Waals surface area contributed by atoms with Gasteiger partial charge in [-0.3, -0.25) is 14.3 Å². The number of pyridine rings is 1. The van der Waals surface area contributed by atoms with Gasteiger partial charge in [-0.25, -0.2) is 0 Å². The molecule has 0 spiro atoms. The number of anilines is 2. The summed E-state index contributed by atoms with van der Waals surface area (Å²) < 4.78 is 23.8. The third-order valence-corrected chi connectivity index (χ3v) is 7.88. The Morgan fingerprint density at radius 2 is 1.91 bits per heavy atom. The van der Waals surface area contributed by atoms with E-state index in [1.807, 2.05) is 35.7 Å². The highest BCUT2D eigenvalue weighted by atomic mass is 32.1. The number of benzene rings is 2. The van der Waals surface area contributed by atoms with Gasteiger partial charge in [-0.05, 0) is 58.5 Å². The molecule has 1 unspecified atom stereocenters. The molecule has 9 heteroatoms. The zero-order valence-electron chi connectivity index (χ0n) is 18.5. The molecule has 0 aliphatic heterocycles. The van der Waals surface area contributed by atoms with Crippen LogP contribution in [0.25, 0.3) is 10.4 Å². The topological polar surface area (TPSA) is 104 Å². The van der Waals surface area contributed by atoms with Gasteiger partial charge in [0.15, 0.2) is 0 Å². The number of amides is 1. The molecule has 174 valence electrons. The van der Waals surface area contributed by atoms with E-state index in [2.05, 4.69) is 10.3 Å². The van der Waals surface area contributed by atoms with Crippen LogP contribution >= 0.6 is 18.9 Å². The minimum atomic E-state index is -3.36. The van der Waals surface area contributed by atoms with Crippen LogP contribution in [0.15, 0.2) is 84.5 Å². The van der Waals surface area contributed by atoms with Crippen molar-refractivity contribution in [2.45, 2.75) is 12.8 Å². The molecule has 0 aliphatic carbocycles. The molecule has 2 aromatic carbocycles. The van der Waals surface area contributed by atoms with E-state index in [1.165, 1.54) is 7.11 Å². The Balaban J connectivity index is 1.41. The Hall–Kier alpha value is -3.29. The van der Waals surface area contributed by atoms with Crippen molar-refractivity contribution in [3.63, 3.8) is 0 Å². The lowest BCUT2D eigenvalue weighted by molar-refractivity contribution is 0.102. The second-order valence-corrected chi connectivity index (χ2v) is 10.6. The summed E-state index contributed by atoms with van der Waals surface area (Å²) in [6.07, 6.45) is 3.39. The summed E-state index contributed by atoms with van der Waals surface area (Å²) in [6.45, 7) is 0.130. The molecule has 2 aromatic heterocycles. The summed E-state index contributed by atoms with van der Waals surface area (Å²) in [7, 11) is -2.00. The summed E-state index contributed by atoms with van der Waals surface area (Å²) in [5.74, 6) is -0.288. The quantitative estimate of drug-likeness (QED) is 0.213. The van der Waals surface area contributed by atoms with E-state index >= 15 is 0 Å². The van der Waals surface area contributed by atoms with E-state index in [1.54, 1.807) is 60.1 Å². The second kappa shape index (κ2) is 10.8. The summed E-state index contributed by atoms with van der Waals surface area (Å²) in [4.78, 5) is 17.9. The molecular formula is C25H24N3O4PS. The maximum absolute atomic E-state index is 13.0. The molecule has 0 aliphatic rings. The van der Waals surface area contributed by atoms with Crippen molar-refractivity contribution in [3.05, 3.63) is 101 Å². The molecule has 1 atom stereocenters. The van der Waals surface area contributed by atoms with Gasteiger partial charge >= 0.3 is 7.60 Å². The lowest BCUT2D eigenvalue weighted by Gasteiger charge is -2.16. The number of nitrogens with two attached hydrogens (primary N) is 1. The Morgan fingerprint density at radius 3 is 2.59 bits per heavy atom. The fourth-order valence-electron chi connectivity index (χ4n) is 3.26. The zero-order valence-corrected chi connectivity index (χ0v) is 20.2. The molecule has 34 heavy (non-hydrogen) atoms. The van der Waals surface area contributed by atoms with Gasteiger partial charge in [-0.2, -0.15) is 0 Å². The number of hydrogen-bond donors (Lipinski definition) is 2. The van der Waals surface area contributed by atoms with Crippen molar-refractivity contribution in [3.8, 4) is 10.4 Å². The smallest absolute Gasteiger partial charge is 0.335 e. The molecule has 0 saturated heterocycles. The molecule has 0 bridgehead atoms. The second-order valence-electron chi connectivity index (χ2n) is 7.52. The van der Waals surface area contributed by atoms with Gasteiger partial charge in [-0.15, -0.1) is 11.3 Å². The Morgan fingerprint density at radius 1 is 1.09 bits per heavy atom. The maximum Gasteiger partial charge on any atom is 0.335 e. The van der Waals surface area contributed by atoms with Gasteiger partial charge in [0.25, 0.3) is 5.91 Å². The van der Waals surface area contributed by atoms with Crippen molar-refractivity contribution in [2.75, 3.05) is 18.2 Å². The van der Waals surface area contributed by atoms with Gasteiger partial charge < -0.3 is 20.1 Å². The Labute approximate surface area is 202 Å². The highest BCUT2D eigenvalue weighted by molar-refractivity contribution is 7.52. The number of carbonyl (C=O) groups excluding carboxylic acids is 1. The lowest BCUT2D eigenvalue weighted by atomic mass is 10.1. The van der Waals surface area contributed by atoms with E-state index in [9.17, 15) is 9.36 Å². The summed E-state index contributed by atoms with van der Waals surface area (Å²) in [5, 5.41) is 4.87. The zero-order chi connectivity index (χ0) is 24.0. The van der Waals surface area contributed by atoms with Crippen LogP contribution in [0.2, 0.25) is 0 Å². The number of aromatic nitrogens is 1. The average Bonchev–Trinajstić information content (AvgIpc) is 3.40. The number of nitrogens with one attached hydrogen (secondary N) is 1. The van der Waals surface area contributed by atoms with Crippen molar-refractivity contribution in [2.24, 2.45) is 0 Å². The molecule has 0 saturated carbocycles. The number of nitrogens with zero attached hydrogens (tertiary/aromatic N) is 1. The average molecular weight is 494 g/mol. The number of carbonyl (C=O) groups is 1. The largest absolute Gasteiger partial charge is 0.397 e. The van der Waals surface area contributed by atoms with E-state index in [0.29, 0.717) is 16.9 Å². The molecule has 4 rings (SSSR count). The van der Waals surface area contributed by atoms with Gasteiger partial charge in [0.1, 0.15) is 0 Å². The molecule has 0 radical (unpaired) electrons. The number of thiophene rings is 1. The summed E-state index contributed by atoms with van der Waals surface area (Å²) in [6, 6.07) is 20.0. The van der Waals surface area contributed by atoms with Gasteiger partial charge in [0, 0.05) is 29.9 Å². The monoisotopic (exact) mass is 493 g/mol. The fraction of sp³-hybridized carbons (Fsp3) is 0.120. The lowest BCUT2D eigenvalue weighted by Crippen LogP contribution is -2.13. The van der Waals surface area contributed by atoms with Crippen LogP contribution in [0.5, 0.6) is 0 Å². The SMILES string of the molecule is COP(=O)(Cc1ccc(C(=O)Nc2cc(-c3cccs3)ccc2N)cc1)OCc1cccnc1. The Bertz CT molecular complexity index is 1300. The third-order valence-electron chi connectivity index (χ3n) is 5.13. The van der Waals surface area contributed by atoms with E-state index in [-0.39, 0.29) is 18.7 Å². The third kappa shape index (κ3) is 5.98. The number of nitrogen functional groups attached to an aromatic ring is 1. The first-order chi connectivity index (χ1) is 16.5. The summed E-state index contributed by atoms with van der Waals surface area (Å²) in [5.41, 5.74) is 10.1. The molecule has 7 nitrogen and oxygen atoms in total. The molecule has 4 aromatic rings. The van der Waals surface area contributed by atoms with Crippen LogP contribution in [0.4, 0.5) is 11.4 Å². The molecule has 0 fully saturated rings. The molecular weight excluding hydrogens is 469 g/mol. The van der Waals surface area contributed by atoms with Crippen LogP contribution in [-0.4, -0.2) is 18.0 Å². The molecule has 1 amide bonds. The standard InChI is InChI=1S/C25H24N3O4PS/c1-31-33(30,32-16-19-4-2-12-27-15-19)17-18-6-8-20(9-7-18)25(29)28-23-14-21(10-11-22(23)26)24-5-3-13-34-24/h2-15H,16-17,26H2,1H3,(H,28,29). The predicted octanol–water partition coefficient (Wildman–Crippen LogP) is 6.20. The van der Waals surface area contributed by atoms with E-state index in [0.717, 1.165) is 21.6 Å². The van der Waals surface area contributed by atoms with Crippen LogP contribution in [0.3, 0.4) is 0 Å². The van der Waals surface area contributed by atoms with Gasteiger partial charge in [-0.1, -0.05) is 30.3 Å². The highest BCUT2D eigenvalue weighted by Gasteiger charge is 2.24. The number of hydrogen-bond acceptors (Lipinski definition) is 7. The van der Waals surface area contributed by atoms with Crippen LogP contribution in [0, 0.1) is 0 Å². The van der Waals surface area contributed by atoms with E-state index < -0.39 is 7.60 Å². The number of rotatable bonds is 9. The van der Waals surface area contributed by atoms with Crippen molar-refractivity contribution in [1.29, 1.82) is 0 Å². The molecule has 3 N–H and O–H groups in total. The Kier molecular flexibility index (Phi) is 7.55. The minimum Gasteiger partial charge on any atom is -0.397 e. The van der Waals surface area contributed by atoms with E-state index in [4.69, 9.17) is 14.8 Å². The first-order valence-corrected chi connectivity index (χ1v) is 13.1. The van der Waals surface area contributed by atoms with Crippen LogP contribution in [0.1, 0.15) is 21.5 Å². The van der Waals surface area contributed by atoms with Crippen molar-refractivity contribution >= 4 is 36.2 Å². The minimum absolute atomic E-state index is 0.0848. The maximum atomic E-state index is 13.0. The first kappa shape index (κ1) is 23.9. The van der Waals surface area contributed by atoms with Gasteiger partial charge in [0.2, 0.25) is 0 Å². The van der Waals surface area contributed by atoms with Crippen molar-refractivity contribution < 1.29 is 18.4 Å². The fourth-order valence-corrected chi connectivity index (χ4v) is 5.31. The summed E-state index contributed by atoms with van der Waals surface area (Å²) >= 11 is 1.62.